The molecular formula is C18H9ClO. The van der Waals surface area contributed by atoms with E-state index in [1.54, 1.807) is 0 Å². The van der Waals surface area contributed by atoms with E-state index in [9.17, 15) is 0 Å². The summed E-state index contributed by atoms with van der Waals surface area (Å²) in [6.45, 7) is 0. The van der Waals surface area contributed by atoms with Gasteiger partial charge in [0.1, 0.15) is 5.75 Å². The maximum Gasteiger partial charge on any atom is 0.154 e. The van der Waals surface area contributed by atoms with Gasteiger partial charge in [0.15, 0.2) is 5.75 Å². The number of hydrogen-bond donors (Lipinski definition) is 0. The fourth-order valence-corrected chi connectivity index (χ4v) is 3.41. The van der Waals surface area contributed by atoms with Crippen LogP contribution in [-0.4, -0.2) is 0 Å². The molecule has 1 aliphatic heterocycles. The van der Waals surface area contributed by atoms with Crippen LogP contribution in [0.15, 0.2) is 54.6 Å². The highest BCUT2D eigenvalue weighted by Crippen LogP contribution is 2.49. The fourth-order valence-electron chi connectivity index (χ4n) is 3.21. The van der Waals surface area contributed by atoms with Gasteiger partial charge in [-0.15, -0.1) is 0 Å². The molecular weight excluding hydrogens is 268 g/mol. The molecule has 0 spiro atoms. The van der Waals surface area contributed by atoms with Crippen molar-refractivity contribution in [1.82, 2.24) is 0 Å². The van der Waals surface area contributed by atoms with Gasteiger partial charge in [-0.2, -0.15) is 0 Å². The molecule has 0 amide bonds. The van der Waals surface area contributed by atoms with E-state index in [4.69, 9.17) is 16.3 Å². The second-order valence-electron chi connectivity index (χ2n) is 5.16. The van der Waals surface area contributed by atoms with Gasteiger partial charge in [0.05, 0.1) is 5.02 Å². The van der Waals surface area contributed by atoms with Crippen LogP contribution in [-0.2, 0) is 0 Å². The molecule has 0 saturated heterocycles. The van der Waals surface area contributed by atoms with Crippen LogP contribution in [0, 0.1) is 0 Å². The number of hydrogen-bond acceptors (Lipinski definition) is 1. The van der Waals surface area contributed by atoms with Crippen LogP contribution in [0.5, 0.6) is 11.5 Å². The maximum absolute atomic E-state index is 6.34. The lowest BCUT2D eigenvalue weighted by molar-refractivity contribution is 0.493. The Morgan fingerprint density at radius 3 is 2.10 bits per heavy atom. The van der Waals surface area contributed by atoms with Crippen LogP contribution in [0.25, 0.3) is 32.3 Å². The van der Waals surface area contributed by atoms with E-state index in [0.717, 1.165) is 16.9 Å². The molecule has 20 heavy (non-hydrogen) atoms. The number of ether oxygens (including phenoxy) is 1. The fraction of sp³-hybridized carbons (Fsp3) is 0. The Morgan fingerprint density at radius 1 is 0.650 bits per heavy atom. The molecule has 1 aliphatic rings. The van der Waals surface area contributed by atoms with E-state index >= 15 is 0 Å². The average molecular weight is 277 g/mol. The third-order valence-corrected chi connectivity index (χ3v) is 4.38. The summed E-state index contributed by atoms with van der Waals surface area (Å²) < 4.78 is 6.08. The first-order chi connectivity index (χ1) is 9.83. The van der Waals surface area contributed by atoms with Crippen molar-refractivity contribution in [2.75, 3.05) is 0 Å². The van der Waals surface area contributed by atoms with Crippen LogP contribution in [0.1, 0.15) is 0 Å². The molecule has 94 valence electrons. The monoisotopic (exact) mass is 276 g/mol. The SMILES string of the molecule is Clc1ccc2ccc3ccc4cccc5c4c3c2c1O5. The summed E-state index contributed by atoms with van der Waals surface area (Å²) >= 11 is 6.34. The highest BCUT2D eigenvalue weighted by atomic mass is 35.5. The molecule has 0 fully saturated rings. The maximum atomic E-state index is 6.34. The first kappa shape index (κ1) is 10.5. The average Bonchev–Trinajstić information content (AvgIpc) is 2.50. The normalized spacial score (nSPS) is 12.7. The van der Waals surface area contributed by atoms with Gasteiger partial charge in [-0.1, -0.05) is 54.1 Å². The Hall–Kier alpha value is -2.25. The molecule has 1 heterocycles. The lowest BCUT2D eigenvalue weighted by atomic mass is 9.94. The Morgan fingerprint density at radius 2 is 1.30 bits per heavy atom. The largest absolute Gasteiger partial charge is 0.454 e. The summed E-state index contributed by atoms with van der Waals surface area (Å²) in [4.78, 5) is 0. The first-order valence-electron chi connectivity index (χ1n) is 6.57. The molecule has 0 atom stereocenters. The van der Waals surface area contributed by atoms with Crippen molar-refractivity contribution in [2.45, 2.75) is 0 Å². The molecule has 0 bridgehead atoms. The lowest BCUT2D eigenvalue weighted by Crippen LogP contribution is -1.95. The first-order valence-corrected chi connectivity index (χ1v) is 6.95. The summed E-state index contributed by atoms with van der Waals surface area (Å²) in [6, 6.07) is 18.7. The van der Waals surface area contributed by atoms with Gasteiger partial charge < -0.3 is 4.74 Å². The molecule has 4 aromatic rings. The Bertz CT molecular complexity index is 1030. The zero-order valence-electron chi connectivity index (χ0n) is 10.5. The van der Waals surface area contributed by atoms with Crippen molar-refractivity contribution in [3.8, 4) is 11.5 Å². The van der Waals surface area contributed by atoms with Gasteiger partial charge in [0, 0.05) is 16.2 Å². The third kappa shape index (κ3) is 1.14. The minimum atomic E-state index is 0.663. The Kier molecular flexibility index (Phi) is 1.81. The van der Waals surface area contributed by atoms with E-state index in [1.807, 2.05) is 18.2 Å². The predicted molar refractivity (Wildman–Crippen MR) is 84.0 cm³/mol. The van der Waals surface area contributed by atoms with Crippen LogP contribution >= 0.6 is 11.6 Å². The molecule has 0 unspecified atom stereocenters. The smallest absolute Gasteiger partial charge is 0.154 e. The second kappa shape index (κ2) is 3.44. The molecule has 5 rings (SSSR count). The van der Waals surface area contributed by atoms with Crippen LogP contribution in [0.2, 0.25) is 5.02 Å². The van der Waals surface area contributed by atoms with E-state index in [1.165, 1.54) is 26.9 Å². The molecule has 0 N–H and O–H groups in total. The van der Waals surface area contributed by atoms with Gasteiger partial charge in [-0.25, -0.2) is 0 Å². The highest BCUT2D eigenvalue weighted by molar-refractivity contribution is 6.35. The zero-order chi connectivity index (χ0) is 13.3. The van der Waals surface area contributed by atoms with Gasteiger partial charge in [0.2, 0.25) is 0 Å². The van der Waals surface area contributed by atoms with Gasteiger partial charge in [-0.05, 0) is 28.3 Å². The van der Waals surface area contributed by atoms with Crippen molar-refractivity contribution in [1.29, 1.82) is 0 Å². The van der Waals surface area contributed by atoms with Crippen LogP contribution in [0.4, 0.5) is 0 Å². The van der Waals surface area contributed by atoms with E-state index in [-0.39, 0.29) is 0 Å². The van der Waals surface area contributed by atoms with E-state index < -0.39 is 0 Å². The van der Waals surface area contributed by atoms with Crippen molar-refractivity contribution in [3.63, 3.8) is 0 Å². The Balaban J connectivity index is 2.24. The van der Waals surface area contributed by atoms with Crippen molar-refractivity contribution in [2.24, 2.45) is 0 Å². The quantitative estimate of drug-likeness (QED) is 0.320. The van der Waals surface area contributed by atoms with Crippen LogP contribution in [0.3, 0.4) is 0 Å². The van der Waals surface area contributed by atoms with Crippen molar-refractivity contribution in [3.05, 3.63) is 59.6 Å². The summed E-state index contributed by atoms with van der Waals surface area (Å²) in [5.41, 5.74) is 0. The van der Waals surface area contributed by atoms with Crippen molar-refractivity contribution >= 4 is 43.9 Å². The lowest BCUT2D eigenvalue weighted by Gasteiger charge is -2.21. The third-order valence-electron chi connectivity index (χ3n) is 4.09. The summed E-state index contributed by atoms with van der Waals surface area (Å²) in [6.07, 6.45) is 0. The number of benzene rings is 4. The second-order valence-corrected chi connectivity index (χ2v) is 5.57. The predicted octanol–water partition coefficient (Wildman–Crippen LogP) is 5.91. The standard InChI is InChI=1S/C18H9ClO/c19-13-9-8-12-7-6-11-5-4-10-2-1-3-14-15(10)16(11)17(12)18(13)20-14/h1-9H. The van der Waals surface area contributed by atoms with E-state index in [0.29, 0.717) is 5.02 Å². The van der Waals surface area contributed by atoms with Gasteiger partial charge in [-0.3, -0.25) is 0 Å². The Labute approximate surface area is 120 Å². The topological polar surface area (TPSA) is 9.23 Å². The molecule has 0 radical (unpaired) electrons. The molecule has 4 aromatic carbocycles. The molecule has 0 aliphatic carbocycles. The van der Waals surface area contributed by atoms with E-state index in [2.05, 4.69) is 36.4 Å². The van der Waals surface area contributed by atoms with Gasteiger partial charge in [0.25, 0.3) is 0 Å². The van der Waals surface area contributed by atoms with Crippen LogP contribution < -0.4 is 4.74 Å². The molecule has 1 nitrogen and oxygen atoms in total. The minimum Gasteiger partial charge on any atom is -0.454 e. The van der Waals surface area contributed by atoms with Gasteiger partial charge >= 0.3 is 0 Å². The number of halogens is 1. The molecule has 0 saturated carbocycles. The summed E-state index contributed by atoms with van der Waals surface area (Å²) in [5.74, 6) is 1.67. The van der Waals surface area contributed by atoms with Crippen molar-refractivity contribution < 1.29 is 4.74 Å². The molecule has 0 aromatic heterocycles. The summed E-state index contributed by atoms with van der Waals surface area (Å²) in [7, 11) is 0. The summed E-state index contributed by atoms with van der Waals surface area (Å²) in [5, 5.41) is 7.82. The zero-order valence-corrected chi connectivity index (χ0v) is 11.2. The number of rotatable bonds is 0. The minimum absolute atomic E-state index is 0.663. The highest BCUT2D eigenvalue weighted by Gasteiger charge is 2.20. The molecule has 2 heteroatoms.